The van der Waals surface area contributed by atoms with Crippen LogP contribution in [0.2, 0.25) is 0 Å². The molecule has 0 saturated carbocycles. The highest BCUT2D eigenvalue weighted by atomic mass is 32.1. The lowest BCUT2D eigenvalue weighted by Crippen LogP contribution is -1.86. The number of carbonyl (C=O) groups excluding carboxylic acids is 1. The van der Waals surface area contributed by atoms with E-state index < -0.39 is 0 Å². The van der Waals surface area contributed by atoms with Gasteiger partial charge >= 0.3 is 0 Å². The summed E-state index contributed by atoms with van der Waals surface area (Å²) in [5.41, 5.74) is 2.25. The molecule has 0 N–H and O–H groups in total. The molecular formula is C13H12O2S. The molecule has 1 heterocycles. The molecule has 2 aromatic rings. The van der Waals surface area contributed by atoms with Crippen molar-refractivity contribution in [3.05, 3.63) is 46.3 Å². The van der Waals surface area contributed by atoms with Gasteiger partial charge in [-0.25, -0.2) is 0 Å². The summed E-state index contributed by atoms with van der Waals surface area (Å²) in [6.07, 6.45) is 0.834. The molecule has 0 aliphatic carbocycles. The Morgan fingerprint density at radius 3 is 2.69 bits per heavy atom. The van der Waals surface area contributed by atoms with Crippen LogP contribution in [-0.2, 0) is 0 Å². The van der Waals surface area contributed by atoms with Gasteiger partial charge in [-0.2, -0.15) is 0 Å². The quantitative estimate of drug-likeness (QED) is 0.748. The summed E-state index contributed by atoms with van der Waals surface area (Å²) in [7, 11) is 0. The molecule has 3 heteroatoms. The zero-order valence-electron chi connectivity index (χ0n) is 9.19. The molecule has 0 aliphatic rings. The molecule has 0 atom stereocenters. The van der Waals surface area contributed by atoms with Gasteiger partial charge in [0.05, 0.1) is 4.88 Å². The van der Waals surface area contributed by atoms with E-state index in [0.717, 1.165) is 28.2 Å². The minimum atomic E-state index is 0.681. The maximum atomic E-state index is 10.5. The van der Waals surface area contributed by atoms with Gasteiger partial charge in [-0.05, 0) is 43.2 Å². The van der Waals surface area contributed by atoms with Crippen molar-refractivity contribution in [1.29, 1.82) is 0 Å². The molecule has 2 nitrogen and oxygen atoms in total. The molecular weight excluding hydrogens is 220 g/mol. The van der Waals surface area contributed by atoms with Crippen molar-refractivity contribution >= 4 is 17.6 Å². The summed E-state index contributed by atoms with van der Waals surface area (Å²) < 4.78 is 5.73. The molecule has 0 bridgehead atoms. The van der Waals surface area contributed by atoms with E-state index in [-0.39, 0.29) is 0 Å². The van der Waals surface area contributed by atoms with Crippen molar-refractivity contribution in [2.75, 3.05) is 0 Å². The molecule has 2 rings (SSSR count). The second-order valence-electron chi connectivity index (χ2n) is 3.65. The molecule has 0 fully saturated rings. The molecule has 0 amide bonds. The van der Waals surface area contributed by atoms with Gasteiger partial charge in [-0.3, -0.25) is 4.79 Å². The highest BCUT2D eigenvalue weighted by molar-refractivity contribution is 7.15. The molecule has 1 aromatic heterocycles. The van der Waals surface area contributed by atoms with Gasteiger partial charge in [0.2, 0.25) is 0 Å². The Bertz CT molecular complexity index is 514. The lowest BCUT2D eigenvalue weighted by atomic mass is 10.1. The molecule has 1 aromatic carbocycles. The minimum absolute atomic E-state index is 0.681. The number of hydrogen-bond acceptors (Lipinski definition) is 3. The highest BCUT2D eigenvalue weighted by Gasteiger charge is 2.04. The number of rotatable bonds is 3. The average Bonchev–Trinajstić information content (AvgIpc) is 2.71. The maximum absolute atomic E-state index is 10.5. The summed E-state index contributed by atoms with van der Waals surface area (Å²) in [6, 6.07) is 9.65. The third-order valence-electron chi connectivity index (χ3n) is 2.27. The monoisotopic (exact) mass is 232 g/mol. The Balaban J connectivity index is 2.26. The molecule has 0 spiro atoms. The molecule has 82 valence electrons. The third-order valence-corrected chi connectivity index (χ3v) is 3.16. The van der Waals surface area contributed by atoms with E-state index in [9.17, 15) is 4.79 Å². The van der Waals surface area contributed by atoms with Crippen molar-refractivity contribution in [1.82, 2.24) is 0 Å². The van der Waals surface area contributed by atoms with Gasteiger partial charge in [0.1, 0.15) is 5.75 Å². The number of hydrogen-bond donors (Lipinski definition) is 0. The number of carbonyl (C=O) groups is 1. The normalized spacial score (nSPS) is 10.1. The van der Waals surface area contributed by atoms with E-state index >= 15 is 0 Å². The second-order valence-corrected chi connectivity index (χ2v) is 4.72. The second kappa shape index (κ2) is 4.49. The predicted octanol–water partition coefficient (Wildman–Crippen LogP) is 3.97. The zero-order valence-corrected chi connectivity index (χ0v) is 10.0. The van der Waals surface area contributed by atoms with Crippen molar-refractivity contribution < 1.29 is 9.53 Å². The largest absolute Gasteiger partial charge is 0.446 e. The summed E-state index contributed by atoms with van der Waals surface area (Å²) in [5.74, 6) is 0.847. The lowest BCUT2D eigenvalue weighted by molar-refractivity contribution is 0.112. The topological polar surface area (TPSA) is 26.3 Å². The van der Waals surface area contributed by atoms with Crippen LogP contribution in [-0.4, -0.2) is 6.29 Å². The minimum Gasteiger partial charge on any atom is -0.446 e. The van der Waals surface area contributed by atoms with Gasteiger partial charge in [0.25, 0.3) is 0 Å². The van der Waals surface area contributed by atoms with Crippen molar-refractivity contribution in [3.8, 4) is 10.8 Å². The SMILES string of the molecule is Cc1ccc(C)c(Oc2ccc(C=O)s2)c1. The Morgan fingerprint density at radius 2 is 2.00 bits per heavy atom. The van der Waals surface area contributed by atoms with E-state index in [1.165, 1.54) is 11.3 Å². The van der Waals surface area contributed by atoms with Gasteiger partial charge < -0.3 is 4.74 Å². The Labute approximate surface area is 98.5 Å². The van der Waals surface area contributed by atoms with Gasteiger partial charge in [0, 0.05) is 0 Å². The molecule has 0 aliphatic heterocycles. The van der Waals surface area contributed by atoms with E-state index in [2.05, 4.69) is 0 Å². The first kappa shape index (κ1) is 10.9. The van der Waals surface area contributed by atoms with Gasteiger partial charge in [0.15, 0.2) is 11.3 Å². The van der Waals surface area contributed by atoms with E-state index in [4.69, 9.17) is 4.74 Å². The van der Waals surface area contributed by atoms with E-state index in [1.54, 1.807) is 6.07 Å². The summed E-state index contributed by atoms with van der Waals surface area (Å²) >= 11 is 1.35. The first-order valence-corrected chi connectivity index (χ1v) is 5.81. The fraction of sp³-hybridized carbons (Fsp3) is 0.154. The van der Waals surface area contributed by atoms with Crippen molar-refractivity contribution in [3.63, 3.8) is 0 Å². The lowest BCUT2D eigenvalue weighted by Gasteiger charge is -2.06. The predicted molar refractivity (Wildman–Crippen MR) is 65.7 cm³/mol. The maximum Gasteiger partial charge on any atom is 0.181 e. The number of ether oxygens (including phenoxy) is 1. The highest BCUT2D eigenvalue weighted by Crippen LogP contribution is 2.31. The van der Waals surface area contributed by atoms with Gasteiger partial charge in [-0.1, -0.05) is 23.5 Å². The Hall–Kier alpha value is -1.61. The van der Waals surface area contributed by atoms with Crippen LogP contribution >= 0.6 is 11.3 Å². The zero-order chi connectivity index (χ0) is 11.5. The van der Waals surface area contributed by atoms with Crippen LogP contribution in [0.25, 0.3) is 0 Å². The van der Waals surface area contributed by atoms with Crippen LogP contribution < -0.4 is 4.74 Å². The Morgan fingerprint density at radius 1 is 1.19 bits per heavy atom. The van der Waals surface area contributed by atoms with Crippen LogP contribution in [0.15, 0.2) is 30.3 Å². The number of aryl methyl sites for hydroxylation is 2. The number of aldehydes is 1. The fourth-order valence-corrected chi connectivity index (χ4v) is 2.06. The molecule has 16 heavy (non-hydrogen) atoms. The molecule has 0 unspecified atom stereocenters. The summed E-state index contributed by atoms with van der Waals surface area (Å²) in [6.45, 7) is 4.03. The number of thiophene rings is 1. The van der Waals surface area contributed by atoms with Crippen LogP contribution in [0.3, 0.4) is 0 Å². The summed E-state index contributed by atoms with van der Waals surface area (Å²) in [4.78, 5) is 11.2. The van der Waals surface area contributed by atoms with Crippen LogP contribution in [0.4, 0.5) is 0 Å². The first-order valence-electron chi connectivity index (χ1n) is 4.99. The molecule has 0 saturated heterocycles. The van der Waals surface area contributed by atoms with Crippen LogP contribution in [0, 0.1) is 13.8 Å². The van der Waals surface area contributed by atoms with Crippen LogP contribution in [0.1, 0.15) is 20.8 Å². The first-order chi connectivity index (χ1) is 7.69. The summed E-state index contributed by atoms with van der Waals surface area (Å²) in [5, 5.41) is 0.746. The van der Waals surface area contributed by atoms with E-state index in [0.29, 0.717) is 4.88 Å². The van der Waals surface area contributed by atoms with Gasteiger partial charge in [-0.15, -0.1) is 0 Å². The Kier molecular flexibility index (Phi) is 3.06. The molecule has 0 radical (unpaired) electrons. The number of benzene rings is 1. The fourth-order valence-electron chi connectivity index (χ4n) is 1.38. The smallest absolute Gasteiger partial charge is 0.181 e. The van der Waals surface area contributed by atoms with Crippen LogP contribution in [0.5, 0.6) is 10.8 Å². The van der Waals surface area contributed by atoms with Crippen molar-refractivity contribution in [2.45, 2.75) is 13.8 Å². The average molecular weight is 232 g/mol. The van der Waals surface area contributed by atoms with E-state index in [1.807, 2.05) is 38.1 Å². The standard InChI is InChI=1S/C13H12O2S/c1-9-3-4-10(2)12(7-9)15-13-6-5-11(8-14)16-13/h3-8H,1-2H3. The third kappa shape index (κ3) is 2.31. The van der Waals surface area contributed by atoms with Crippen molar-refractivity contribution in [2.24, 2.45) is 0 Å².